The third-order valence-corrected chi connectivity index (χ3v) is 29.1. The average Bonchev–Trinajstić information content (AvgIpc) is 4.33. The van der Waals surface area contributed by atoms with E-state index in [1.165, 1.54) is 81.0 Å². The van der Waals surface area contributed by atoms with Crippen LogP contribution in [0.1, 0.15) is 345 Å². The topological polar surface area (TPSA) is 0 Å². The fourth-order valence-corrected chi connectivity index (χ4v) is 25.3. The van der Waals surface area contributed by atoms with Crippen molar-refractivity contribution in [1.82, 2.24) is 0 Å². The molecule has 18 fully saturated rings. The number of hydrogen-bond donors (Lipinski definition) is 0. The molecule has 0 aromatic rings. The van der Waals surface area contributed by atoms with Gasteiger partial charge in [-0.1, -0.05) is 191 Å². The molecule has 0 aromatic carbocycles. The average molecular weight is 1120 g/mol. The fraction of sp³-hybridized carbons (Fsp3) is 1.00. The highest BCUT2D eigenvalue weighted by atomic mass is 14.7. The molecule has 18 aliphatic carbocycles. The van der Waals surface area contributed by atoms with E-state index in [0.29, 0.717) is 32.5 Å². The van der Waals surface area contributed by atoms with Crippen LogP contribution in [0.4, 0.5) is 0 Å². The zero-order valence-electron chi connectivity index (χ0n) is 59.8. The van der Waals surface area contributed by atoms with Crippen molar-refractivity contribution in [1.29, 1.82) is 0 Å². The highest BCUT2D eigenvalue weighted by Crippen LogP contribution is 2.72. The van der Waals surface area contributed by atoms with Gasteiger partial charge in [0.25, 0.3) is 0 Å². The third kappa shape index (κ3) is 14.9. The van der Waals surface area contributed by atoms with E-state index < -0.39 is 0 Å². The predicted molar refractivity (Wildman–Crippen MR) is 359 cm³/mol. The first kappa shape index (κ1) is 68.5. The molecule has 0 radical (unpaired) electrons. The van der Waals surface area contributed by atoms with Gasteiger partial charge in [-0.25, -0.2) is 0 Å². The SMILES string of the molecule is CC.CC.CC.CC.CC(C)(C)C1CC2CC1C1CCCC21.CC(C)(C)C1CC2CCC1C2.CC(C)(C)C1CCCCC1.CC1(C)C2CC3CC(C2)CC1C3.CC1(C)C2CC3CC(C2)CC1C3.CC1(C)CC2CC1C1C3CCC(C3)C21. The summed E-state index contributed by atoms with van der Waals surface area (Å²) in [6.45, 7) is 53.0. The van der Waals surface area contributed by atoms with Crippen LogP contribution in [-0.4, -0.2) is 0 Å². The molecule has 81 heavy (non-hydrogen) atoms. The Bertz CT molecular complexity index is 1740. The first-order valence-corrected chi connectivity index (χ1v) is 38.2. The number of fused-ring (bicyclic) bond motifs is 16. The Kier molecular flexibility index (Phi) is 23.5. The molecule has 18 saturated carbocycles. The van der Waals surface area contributed by atoms with Crippen molar-refractivity contribution in [3.05, 3.63) is 0 Å². The Balaban J connectivity index is 0.000000137. The molecule has 0 heteroatoms. The van der Waals surface area contributed by atoms with Crippen LogP contribution in [0.5, 0.6) is 0 Å². The zero-order valence-corrected chi connectivity index (χ0v) is 59.8. The summed E-state index contributed by atoms with van der Waals surface area (Å²) in [7, 11) is 0. The third-order valence-electron chi connectivity index (χ3n) is 29.1. The molecule has 0 spiro atoms. The van der Waals surface area contributed by atoms with E-state index in [9.17, 15) is 0 Å². The first-order chi connectivity index (χ1) is 38.2. The van der Waals surface area contributed by atoms with Crippen molar-refractivity contribution < 1.29 is 0 Å². The number of rotatable bonds is 0. The van der Waals surface area contributed by atoms with Gasteiger partial charge in [-0.15, -0.1) is 0 Å². The minimum absolute atomic E-state index is 0.570. The Morgan fingerprint density at radius 2 is 0.728 bits per heavy atom. The van der Waals surface area contributed by atoms with Gasteiger partial charge in [0.2, 0.25) is 0 Å². The van der Waals surface area contributed by atoms with Crippen LogP contribution in [-0.2, 0) is 0 Å². The minimum Gasteiger partial charge on any atom is -0.0683 e. The standard InChI is InChI=1S/C14H22.C14H24.2C12H20.C11H20.C10H20.4C2H6/c1-14(2)7-10-6-11(14)13-9-4-3-8(5-9)12(10)13;1-14(2,3)13-8-9-7-12(13)11-6-4-5-10(9)11;2*1-12(2)10-4-8-3-9(6-10)7-11(12)5-8;1-11(2,3)10-7-8-4-5-9(10)6-8;1-10(2,3)9-7-5-4-6-8-9;4*1-2/h8-13H,3-7H2,1-2H3;9-13H,4-8H2,1-3H3;2*8-11H,3-7H2,1-2H3;8-10H,4-7H2,1-3H3;9H,4-8H2,1-3H3;4*1-2H3. The first-order valence-electron chi connectivity index (χ1n) is 38.2. The molecule has 18 rings (SSSR count). The second-order valence-corrected chi connectivity index (χ2v) is 37.0. The lowest BCUT2D eigenvalue weighted by Crippen LogP contribution is -2.49. The normalized spacial score (nSPS) is 44.8. The maximum Gasteiger partial charge on any atom is -0.0297 e. The molecule has 0 amide bonds. The highest BCUT2D eigenvalue weighted by molar-refractivity contribution is 5.13. The van der Waals surface area contributed by atoms with Crippen LogP contribution in [0, 0.1) is 169 Å². The summed E-state index contributed by atoms with van der Waals surface area (Å²) in [4.78, 5) is 0. The minimum atomic E-state index is 0.570. The van der Waals surface area contributed by atoms with E-state index in [2.05, 4.69) is 104 Å². The molecule has 0 heterocycles. The number of hydrogen-bond acceptors (Lipinski definition) is 0. The maximum atomic E-state index is 2.54. The van der Waals surface area contributed by atoms with Crippen LogP contribution in [0.2, 0.25) is 0 Å². The molecule has 0 N–H and O–H groups in total. The summed E-state index contributed by atoms with van der Waals surface area (Å²) in [5.41, 5.74) is 3.84. The zero-order chi connectivity index (χ0) is 59.8. The quantitative estimate of drug-likeness (QED) is 0.212. The molecule has 0 saturated heterocycles. The second-order valence-electron chi connectivity index (χ2n) is 37.0. The highest BCUT2D eigenvalue weighted by Gasteiger charge is 2.64. The summed E-state index contributed by atoms with van der Waals surface area (Å²) in [5, 5.41) is 0. The second kappa shape index (κ2) is 27.8. The lowest BCUT2D eigenvalue weighted by molar-refractivity contribution is -0.0876. The van der Waals surface area contributed by atoms with Crippen molar-refractivity contribution >= 4 is 0 Å². The molecule has 14 atom stereocenters. The lowest BCUT2D eigenvalue weighted by atomic mass is 9.46. The molecule has 0 aromatic heterocycles. The van der Waals surface area contributed by atoms with Crippen molar-refractivity contribution in [2.45, 2.75) is 345 Å². The maximum absolute atomic E-state index is 2.54. The monoisotopic (exact) mass is 1120 g/mol. The summed E-state index contributed by atoms with van der Waals surface area (Å²) >= 11 is 0. The van der Waals surface area contributed by atoms with Gasteiger partial charge in [-0.2, -0.15) is 0 Å². The molecular formula is C81H150. The largest absolute Gasteiger partial charge is 0.0683 e. The van der Waals surface area contributed by atoms with Gasteiger partial charge in [0.05, 0.1) is 0 Å². The summed E-state index contributed by atoms with van der Waals surface area (Å²) in [5.74, 6) is 25.8. The van der Waals surface area contributed by atoms with Gasteiger partial charge in [0.1, 0.15) is 0 Å². The van der Waals surface area contributed by atoms with Crippen LogP contribution in [0.25, 0.3) is 0 Å². The van der Waals surface area contributed by atoms with Crippen molar-refractivity contribution in [2.24, 2.45) is 169 Å². The van der Waals surface area contributed by atoms with Crippen molar-refractivity contribution in [2.75, 3.05) is 0 Å². The Labute approximate surface area is 511 Å². The molecular weight excluding hydrogens is 973 g/mol. The van der Waals surface area contributed by atoms with Gasteiger partial charge in [-0.3, -0.25) is 0 Å². The van der Waals surface area contributed by atoms with E-state index in [-0.39, 0.29) is 0 Å². The van der Waals surface area contributed by atoms with E-state index in [4.69, 9.17) is 0 Å². The van der Waals surface area contributed by atoms with E-state index >= 15 is 0 Å². The Morgan fingerprint density at radius 1 is 0.284 bits per heavy atom. The van der Waals surface area contributed by atoms with Gasteiger partial charge in [0, 0.05) is 0 Å². The molecule has 14 unspecified atom stereocenters. The van der Waals surface area contributed by atoms with Crippen LogP contribution >= 0.6 is 0 Å². The van der Waals surface area contributed by atoms with Gasteiger partial charge in [0.15, 0.2) is 0 Å². The molecule has 16 bridgehead atoms. The molecule has 0 nitrogen and oxygen atoms in total. The van der Waals surface area contributed by atoms with E-state index in [1.54, 1.807) is 135 Å². The predicted octanol–water partition coefficient (Wildman–Crippen LogP) is 25.9. The van der Waals surface area contributed by atoms with Crippen LogP contribution < -0.4 is 0 Å². The Morgan fingerprint density at radius 3 is 1.12 bits per heavy atom. The van der Waals surface area contributed by atoms with Crippen LogP contribution in [0.15, 0.2) is 0 Å². The summed E-state index contributed by atoms with van der Waals surface area (Å²) in [6, 6.07) is 0. The van der Waals surface area contributed by atoms with E-state index in [1.807, 2.05) is 55.4 Å². The molecule has 0 aliphatic heterocycles. The lowest BCUT2D eigenvalue weighted by Gasteiger charge is -2.59. The van der Waals surface area contributed by atoms with Gasteiger partial charge in [-0.05, 0) is 323 Å². The van der Waals surface area contributed by atoms with Crippen molar-refractivity contribution in [3.63, 3.8) is 0 Å². The van der Waals surface area contributed by atoms with E-state index in [0.717, 1.165) is 107 Å². The summed E-state index contributed by atoms with van der Waals surface area (Å²) in [6.07, 6.45) is 45.1. The molecule has 474 valence electrons. The Hall–Kier alpha value is 0. The molecule has 18 aliphatic rings. The van der Waals surface area contributed by atoms with Crippen LogP contribution in [0.3, 0.4) is 0 Å². The summed E-state index contributed by atoms with van der Waals surface area (Å²) < 4.78 is 0. The van der Waals surface area contributed by atoms with Crippen molar-refractivity contribution in [3.8, 4) is 0 Å². The smallest absolute Gasteiger partial charge is 0.0297 e. The fourth-order valence-electron chi connectivity index (χ4n) is 25.3. The van der Waals surface area contributed by atoms with Gasteiger partial charge >= 0.3 is 0 Å². The van der Waals surface area contributed by atoms with Gasteiger partial charge < -0.3 is 0 Å².